The molecule has 0 aliphatic heterocycles. The van der Waals surface area contributed by atoms with Crippen LogP contribution in [-0.4, -0.2) is 10.9 Å². The first kappa shape index (κ1) is 11.3. The second kappa shape index (κ2) is 4.37. The second-order valence-electron chi connectivity index (χ2n) is 3.87. The Balaban J connectivity index is 2.32. The van der Waals surface area contributed by atoms with Crippen molar-refractivity contribution in [3.8, 4) is 0 Å². The lowest BCUT2D eigenvalue weighted by molar-refractivity contribution is -0.115. The lowest BCUT2D eigenvalue weighted by Crippen LogP contribution is -2.13. The maximum Gasteiger partial charge on any atom is 0.159 e. The zero-order valence-corrected chi connectivity index (χ0v) is 10.00. The quantitative estimate of drug-likeness (QED) is 0.857. The number of ketones is 1. The van der Waals surface area contributed by atoms with Gasteiger partial charge in [-0.3, -0.25) is 4.79 Å². The van der Waals surface area contributed by atoms with Gasteiger partial charge in [0, 0.05) is 23.4 Å². The van der Waals surface area contributed by atoms with Gasteiger partial charge in [0.05, 0.1) is 5.76 Å². The van der Waals surface area contributed by atoms with Crippen molar-refractivity contribution in [1.82, 2.24) is 0 Å². The highest BCUT2D eigenvalue weighted by Crippen LogP contribution is 2.34. The first-order chi connectivity index (χ1) is 7.56. The van der Waals surface area contributed by atoms with Crippen LogP contribution in [0.1, 0.15) is 24.3 Å². The number of halogens is 2. The van der Waals surface area contributed by atoms with Gasteiger partial charge in [-0.1, -0.05) is 22.0 Å². The lowest BCUT2D eigenvalue weighted by atomic mass is 9.86. The number of aliphatic hydroxyl groups excluding tert-OH is 1. The molecule has 1 aromatic carbocycles. The molecule has 0 aromatic heterocycles. The molecule has 0 radical (unpaired) electrons. The van der Waals surface area contributed by atoms with E-state index in [1.807, 2.05) is 0 Å². The van der Waals surface area contributed by atoms with Gasteiger partial charge in [-0.15, -0.1) is 0 Å². The normalized spacial score (nSPS) is 20.8. The minimum atomic E-state index is -0.322. The van der Waals surface area contributed by atoms with Gasteiger partial charge in [-0.25, -0.2) is 4.39 Å². The summed E-state index contributed by atoms with van der Waals surface area (Å²) < 4.78 is 13.5. The zero-order valence-electron chi connectivity index (χ0n) is 8.41. The molecule has 1 aliphatic rings. The van der Waals surface area contributed by atoms with Crippen molar-refractivity contribution < 1.29 is 14.3 Å². The van der Waals surface area contributed by atoms with E-state index in [1.54, 1.807) is 6.07 Å². The number of benzene rings is 1. The molecule has 16 heavy (non-hydrogen) atoms. The van der Waals surface area contributed by atoms with E-state index in [0.29, 0.717) is 17.3 Å². The molecule has 1 N–H and O–H groups in total. The number of hydrogen-bond donors (Lipinski definition) is 1. The van der Waals surface area contributed by atoms with Crippen LogP contribution < -0.4 is 0 Å². The van der Waals surface area contributed by atoms with E-state index in [9.17, 15) is 14.3 Å². The number of allylic oxidation sites excluding steroid dienone is 2. The van der Waals surface area contributed by atoms with E-state index < -0.39 is 0 Å². The van der Waals surface area contributed by atoms with Gasteiger partial charge < -0.3 is 5.11 Å². The van der Waals surface area contributed by atoms with E-state index in [0.717, 1.165) is 5.56 Å². The Hall–Kier alpha value is -1.16. The number of carbonyl (C=O) groups excluding carboxylic acids is 1. The number of hydrogen-bond acceptors (Lipinski definition) is 2. The Bertz CT molecular complexity index is 468. The van der Waals surface area contributed by atoms with Crippen molar-refractivity contribution in [2.45, 2.75) is 18.8 Å². The fourth-order valence-electron chi connectivity index (χ4n) is 1.92. The number of carbonyl (C=O) groups is 1. The van der Waals surface area contributed by atoms with Crippen molar-refractivity contribution >= 4 is 21.7 Å². The molecule has 84 valence electrons. The van der Waals surface area contributed by atoms with Gasteiger partial charge in [0.25, 0.3) is 0 Å². The average Bonchev–Trinajstić information content (AvgIpc) is 2.15. The minimum absolute atomic E-state index is 0.0764. The summed E-state index contributed by atoms with van der Waals surface area (Å²) in [6.45, 7) is 0. The Kier molecular flexibility index (Phi) is 3.10. The van der Waals surface area contributed by atoms with Gasteiger partial charge in [-0.05, 0) is 23.6 Å². The smallest absolute Gasteiger partial charge is 0.159 e. The lowest BCUT2D eigenvalue weighted by Gasteiger charge is -2.20. The van der Waals surface area contributed by atoms with Crippen LogP contribution in [0.15, 0.2) is 34.5 Å². The molecule has 1 aliphatic carbocycles. The SMILES string of the molecule is O=C1C=C(O)CC(c2ccc(F)cc2Br)C1. The fraction of sp³-hybridized carbons (Fsp3) is 0.250. The van der Waals surface area contributed by atoms with Crippen LogP contribution in [0.2, 0.25) is 0 Å². The van der Waals surface area contributed by atoms with Crippen LogP contribution in [0, 0.1) is 5.82 Å². The molecule has 0 spiro atoms. The average molecular weight is 285 g/mol. The second-order valence-corrected chi connectivity index (χ2v) is 4.73. The summed E-state index contributed by atoms with van der Waals surface area (Å²) in [5.74, 6) is -0.396. The summed E-state index contributed by atoms with van der Waals surface area (Å²) in [6.07, 6.45) is 2.04. The van der Waals surface area contributed by atoms with Gasteiger partial charge >= 0.3 is 0 Å². The highest BCUT2D eigenvalue weighted by molar-refractivity contribution is 9.10. The monoisotopic (exact) mass is 284 g/mol. The third-order valence-electron chi connectivity index (χ3n) is 2.63. The first-order valence-corrected chi connectivity index (χ1v) is 5.73. The molecule has 4 heteroatoms. The van der Waals surface area contributed by atoms with Gasteiger partial charge in [-0.2, -0.15) is 0 Å². The van der Waals surface area contributed by atoms with E-state index in [2.05, 4.69) is 15.9 Å². The van der Waals surface area contributed by atoms with E-state index in [-0.39, 0.29) is 23.3 Å². The van der Waals surface area contributed by atoms with Gasteiger partial charge in [0.1, 0.15) is 5.82 Å². The Morgan fingerprint density at radius 1 is 1.38 bits per heavy atom. The molecule has 0 saturated carbocycles. The summed E-state index contributed by atoms with van der Waals surface area (Å²) in [7, 11) is 0. The number of aliphatic hydroxyl groups is 1. The van der Waals surface area contributed by atoms with Gasteiger partial charge in [0.2, 0.25) is 0 Å². The van der Waals surface area contributed by atoms with Crippen LogP contribution in [0.4, 0.5) is 4.39 Å². The highest BCUT2D eigenvalue weighted by atomic mass is 79.9. The maximum atomic E-state index is 12.9. The summed E-state index contributed by atoms with van der Waals surface area (Å²) in [5, 5.41) is 9.41. The van der Waals surface area contributed by atoms with Crippen molar-refractivity contribution in [3.63, 3.8) is 0 Å². The van der Waals surface area contributed by atoms with E-state index in [1.165, 1.54) is 18.2 Å². The van der Waals surface area contributed by atoms with Crippen LogP contribution in [0.5, 0.6) is 0 Å². The van der Waals surface area contributed by atoms with Crippen molar-refractivity contribution in [1.29, 1.82) is 0 Å². The summed E-state index contributed by atoms with van der Waals surface area (Å²) in [5.41, 5.74) is 0.856. The van der Waals surface area contributed by atoms with Crippen molar-refractivity contribution in [2.75, 3.05) is 0 Å². The largest absolute Gasteiger partial charge is 0.512 e. The number of rotatable bonds is 1. The molecule has 0 saturated heterocycles. The molecule has 0 fully saturated rings. The molecule has 0 bridgehead atoms. The van der Waals surface area contributed by atoms with Crippen LogP contribution in [0.25, 0.3) is 0 Å². The molecular formula is C12H10BrFO2. The maximum absolute atomic E-state index is 12.9. The Labute approximate surface area is 101 Å². The summed E-state index contributed by atoms with van der Waals surface area (Å²) >= 11 is 3.27. The van der Waals surface area contributed by atoms with Gasteiger partial charge in [0.15, 0.2) is 5.78 Å². The fourth-order valence-corrected chi connectivity index (χ4v) is 2.60. The topological polar surface area (TPSA) is 37.3 Å². The predicted molar refractivity (Wildman–Crippen MR) is 61.8 cm³/mol. The van der Waals surface area contributed by atoms with Crippen LogP contribution in [-0.2, 0) is 4.79 Å². The molecule has 2 nitrogen and oxygen atoms in total. The van der Waals surface area contributed by atoms with Crippen LogP contribution >= 0.6 is 15.9 Å². The molecule has 1 atom stereocenters. The van der Waals surface area contributed by atoms with E-state index >= 15 is 0 Å². The zero-order chi connectivity index (χ0) is 11.7. The molecule has 1 unspecified atom stereocenters. The third kappa shape index (κ3) is 2.32. The van der Waals surface area contributed by atoms with Crippen LogP contribution in [0.3, 0.4) is 0 Å². The molecule has 0 amide bonds. The Morgan fingerprint density at radius 3 is 2.75 bits per heavy atom. The predicted octanol–water partition coefficient (Wildman–Crippen LogP) is 3.48. The van der Waals surface area contributed by atoms with Crippen molar-refractivity contribution in [3.05, 3.63) is 45.9 Å². The third-order valence-corrected chi connectivity index (χ3v) is 3.32. The Morgan fingerprint density at radius 2 is 2.12 bits per heavy atom. The summed E-state index contributed by atoms with van der Waals surface area (Å²) in [6, 6.07) is 4.38. The molecular weight excluding hydrogens is 275 g/mol. The highest BCUT2D eigenvalue weighted by Gasteiger charge is 2.23. The molecule has 2 rings (SSSR count). The first-order valence-electron chi connectivity index (χ1n) is 4.93. The molecule has 1 aromatic rings. The summed E-state index contributed by atoms with van der Waals surface area (Å²) in [4.78, 5) is 11.3. The minimum Gasteiger partial charge on any atom is -0.512 e. The molecule has 0 heterocycles. The van der Waals surface area contributed by atoms with Crippen molar-refractivity contribution in [2.24, 2.45) is 0 Å². The standard InChI is InChI=1S/C12H10BrFO2/c13-12-5-8(14)1-2-11(12)7-3-9(15)6-10(16)4-7/h1-2,5-7,15H,3-4H2. The van der Waals surface area contributed by atoms with E-state index in [4.69, 9.17) is 0 Å².